The molecule has 2 heterocycles. The Morgan fingerprint density at radius 1 is 0.906 bits per heavy atom. The van der Waals surface area contributed by atoms with Gasteiger partial charge < -0.3 is 18.9 Å². The van der Waals surface area contributed by atoms with Crippen molar-refractivity contribution >= 4 is 17.3 Å². The Kier molecular flexibility index (Phi) is 5.31. The van der Waals surface area contributed by atoms with Crippen LogP contribution in [0.25, 0.3) is 0 Å². The second-order valence-corrected chi connectivity index (χ2v) is 8.08. The summed E-state index contributed by atoms with van der Waals surface area (Å²) in [6, 6.07) is 19.3. The monoisotopic (exact) mass is 450 g/mol. The molecule has 3 aromatic carbocycles. The van der Waals surface area contributed by atoms with Gasteiger partial charge in [0.1, 0.15) is 23.0 Å². The molecule has 0 unspecified atom stereocenters. The molecule has 5 rings (SSSR count). The van der Waals surface area contributed by atoms with Crippen molar-refractivity contribution in [2.75, 3.05) is 21.3 Å². The van der Waals surface area contributed by atoms with Gasteiger partial charge in [-0.05, 0) is 48.5 Å². The van der Waals surface area contributed by atoms with Gasteiger partial charge in [-0.15, -0.1) is 0 Å². The molecule has 2 aliphatic rings. The van der Waals surface area contributed by atoms with E-state index in [1.165, 1.54) is 0 Å². The third kappa shape index (κ3) is 3.50. The van der Waals surface area contributed by atoms with Crippen LogP contribution in [-0.4, -0.2) is 32.0 Å². The van der Waals surface area contributed by atoms with Crippen molar-refractivity contribution in [3.63, 3.8) is 0 Å². The predicted octanol–water partition coefficient (Wildman–Crippen LogP) is 5.61. The fourth-order valence-electron chi connectivity index (χ4n) is 4.27. The maximum atomic E-state index is 6.46. The second kappa shape index (κ2) is 8.28. The van der Waals surface area contributed by atoms with Crippen LogP contribution in [0.4, 0.5) is 0 Å². The Morgan fingerprint density at radius 2 is 1.72 bits per heavy atom. The van der Waals surface area contributed by atoms with Crippen LogP contribution in [0.3, 0.4) is 0 Å². The zero-order valence-electron chi connectivity index (χ0n) is 18.0. The summed E-state index contributed by atoms with van der Waals surface area (Å²) in [6.45, 7) is 0. The lowest BCUT2D eigenvalue weighted by Gasteiger charge is -2.38. The van der Waals surface area contributed by atoms with Crippen molar-refractivity contribution in [2.24, 2.45) is 5.10 Å². The summed E-state index contributed by atoms with van der Waals surface area (Å²) >= 11 is 6.34. The highest BCUT2D eigenvalue weighted by molar-refractivity contribution is 6.30. The van der Waals surface area contributed by atoms with E-state index in [0.717, 1.165) is 39.7 Å². The Labute approximate surface area is 191 Å². The predicted molar refractivity (Wildman–Crippen MR) is 123 cm³/mol. The molecule has 0 aromatic heterocycles. The molecule has 164 valence electrons. The molecule has 0 bridgehead atoms. The lowest BCUT2D eigenvalue weighted by Crippen LogP contribution is -2.34. The maximum absolute atomic E-state index is 6.46. The van der Waals surface area contributed by atoms with Crippen LogP contribution in [0, 0.1) is 0 Å². The molecule has 2 aliphatic heterocycles. The van der Waals surface area contributed by atoms with Gasteiger partial charge in [0.25, 0.3) is 0 Å². The van der Waals surface area contributed by atoms with Crippen molar-refractivity contribution in [1.82, 2.24) is 5.01 Å². The molecule has 0 N–H and O–H groups in total. The van der Waals surface area contributed by atoms with Crippen molar-refractivity contribution in [2.45, 2.75) is 18.7 Å². The molecule has 2 atom stereocenters. The van der Waals surface area contributed by atoms with Crippen LogP contribution >= 0.6 is 11.6 Å². The quantitative estimate of drug-likeness (QED) is 0.505. The number of methoxy groups -OCH3 is 3. The van der Waals surface area contributed by atoms with E-state index in [4.69, 9.17) is 35.6 Å². The summed E-state index contributed by atoms with van der Waals surface area (Å²) in [5.74, 6) is 3.00. The average molecular weight is 451 g/mol. The minimum atomic E-state index is -0.484. The maximum Gasteiger partial charge on any atom is 0.217 e. The molecule has 0 spiro atoms. The van der Waals surface area contributed by atoms with Crippen molar-refractivity contribution in [3.8, 4) is 23.0 Å². The summed E-state index contributed by atoms with van der Waals surface area (Å²) < 4.78 is 23.0. The molecule has 32 heavy (non-hydrogen) atoms. The third-order valence-corrected chi connectivity index (χ3v) is 6.09. The van der Waals surface area contributed by atoms with Crippen molar-refractivity contribution < 1.29 is 18.9 Å². The fourth-order valence-corrected chi connectivity index (χ4v) is 4.45. The van der Waals surface area contributed by atoms with Gasteiger partial charge in [0.15, 0.2) is 0 Å². The number of ether oxygens (including phenoxy) is 4. The van der Waals surface area contributed by atoms with E-state index >= 15 is 0 Å². The highest BCUT2D eigenvalue weighted by atomic mass is 35.5. The molecule has 0 radical (unpaired) electrons. The highest BCUT2D eigenvalue weighted by Gasteiger charge is 2.42. The van der Waals surface area contributed by atoms with Crippen molar-refractivity contribution in [1.29, 1.82) is 0 Å². The summed E-state index contributed by atoms with van der Waals surface area (Å²) in [4.78, 5) is 0. The van der Waals surface area contributed by atoms with Gasteiger partial charge in [-0.1, -0.05) is 23.7 Å². The van der Waals surface area contributed by atoms with Crippen LogP contribution in [0.15, 0.2) is 65.8 Å². The third-order valence-electron chi connectivity index (χ3n) is 5.86. The minimum absolute atomic E-state index is 0.0282. The lowest BCUT2D eigenvalue weighted by atomic mass is 9.95. The van der Waals surface area contributed by atoms with E-state index in [2.05, 4.69) is 0 Å². The number of hydrogen-bond acceptors (Lipinski definition) is 6. The molecule has 7 heteroatoms. The highest BCUT2D eigenvalue weighted by Crippen LogP contribution is 2.50. The fraction of sp³-hybridized carbons (Fsp3) is 0.240. The number of rotatable bonds is 5. The van der Waals surface area contributed by atoms with Gasteiger partial charge >= 0.3 is 0 Å². The van der Waals surface area contributed by atoms with E-state index in [1.54, 1.807) is 21.3 Å². The lowest BCUT2D eigenvalue weighted by molar-refractivity contribution is -0.0204. The summed E-state index contributed by atoms with van der Waals surface area (Å²) in [7, 11) is 4.95. The zero-order chi connectivity index (χ0) is 22.2. The van der Waals surface area contributed by atoms with E-state index in [0.29, 0.717) is 17.2 Å². The van der Waals surface area contributed by atoms with Gasteiger partial charge in [-0.25, -0.2) is 5.01 Å². The first kappa shape index (κ1) is 20.5. The standard InChI is InChI=1S/C25H23ClN2O4/c1-29-17-6-4-5-15(11-17)21-14-22-19-12-16(26)7-9-24(19)32-25(28(22)27-21)20-13-18(30-2)8-10-23(20)31-3/h4-13,22,25H,14H2,1-3H3/t22-,25+/m0/s1. The van der Waals surface area contributed by atoms with Gasteiger partial charge in [0.2, 0.25) is 6.23 Å². The Hall–Kier alpha value is -3.38. The smallest absolute Gasteiger partial charge is 0.217 e. The van der Waals surface area contributed by atoms with Crippen LogP contribution in [0.1, 0.15) is 35.4 Å². The molecular formula is C25H23ClN2O4. The van der Waals surface area contributed by atoms with Crippen LogP contribution < -0.4 is 18.9 Å². The van der Waals surface area contributed by atoms with Crippen LogP contribution in [0.5, 0.6) is 23.0 Å². The molecule has 3 aromatic rings. The Morgan fingerprint density at radius 3 is 2.50 bits per heavy atom. The summed E-state index contributed by atoms with van der Waals surface area (Å²) in [5, 5.41) is 7.66. The molecular weight excluding hydrogens is 428 g/mol. The number of hydrazone groups is 1. The molecule has 6 nitrogen and oxygen atoms in total. The number of nitrogens with zero attached hydrogens (tertiary/aromatic N) is 2. The average Bonchev–Trinajstić information content (AvgIpc) is 3.29. The molecule has 0 saturated heterocycles. The van der Waals surface area contributed by atoms with E-state index in [1.807, 2.05) is 65.7 Å². The van der Waals surface area contributed by atoms with Gasteiger partial charge in [0.05, 0.1) is 38.6 Å². The molecule has 0 amide bonds. The van der Waals surface area contributed by atoms with E-state index < -0.39 is 6.23 Å². The number of halogens is 1. The first-order valence-corrected chi connectivity index (χ1v) is 10.7. The Bertz CT molecular complexity index is 1200. The Balaban J connectivity index is 1.63. The van der Waals surface area contributed by atoms with Gasteiger partial charge in [-0.3, -0.25) is 0 Å². The van der Waals surface area contributed by atoms with Gasteiger partial charge in [-0.2, -0.15) is 5.10 Å². The van der Waals surface area contributed by atoms with Crippen LogP contribution in [-0.2, 0) is 0 Å². The first-order valence-electron chi connectivity index (χ1n) is 10.3. The van der Waals surface area contributed by atoms with E-state index in [-0.39, 0.29) is 6.04 Å². The molecule has 0 fully saturated rings. The molecule has 0 aliphatic carbocycles. The largest absolute Gasteiger partial charge is 0.497 e. The first-order chi connectivity index (χ1) is 15.6. The summed E-state index contributed by atoms with van der Waals surface area (Å²) in [6.07, 6.45) is 0.231. The minimum Gasteiger partial charge on any atom is -0.497 e. The number of fused-ring (bicyclic) bond motifs is 3. The van der Waals surface area contributed by atoms with Crippen molar-refractivity contribution in [3.05, 3.63) is 82.4 Å². The zero-order valence-corrected chi connectivity index (χ0v) is 18.8. The van der Waals surface area contributed by atoms with E-state index in [9.17, 15) is 0 Å². The van der Waals surface area contributed by atoms with Crippen LogP contribution in [0.2, 0.25) is 5.02 Å². The second-order valence-electron chi connectivity index (χ2n) is 7.64. The summed E-state index contributed by atoms with van der Waals surface area (Å²) in [5.41, 5.74) is 3.82. The number of hydrogen-bond donors (Lipinski definition) is 0. The normalized spacial score (nSPS) is 18.9. The SMILES string of the molecule is COc1cccc(C2=NN3[C@@H](c4cc(OC)ccc4OC)Oc4ccc(Cl)cc4[C@@H]3C2)c1. The molecule has 0 saturated carbocycles. The topological polar surface area (TPSA) is 52.5 Å². The van der Waals surface area contributed by atoms with Gasteiger partial charge in [0, 0.05) is 22.6 Å². The number of benzene rings is 3.